The van der Waals surface area contributed by atoms with Gasteiger partial charge in [-0.15, -0.1) is 0 Å². The molecule has 1 aliphatic heterocycles. The van der Waals surface area contributed by atoms with E-state index in [1.54, 1.807) is 0 Å². The molecule has 96 valence electrons. The van der Waals surface area contributed by atoms with Crippen LogP contribution in [-0.4, -0.2) is 37.1 Å². The first kappa shape index (κ1) is 14.0. The van der Waals surface area contributed by atoms with Crippen LogP contribution in [0.25, 0.3) is 0 Å². The molecule has 1 rings (SSSR count). The van der Waals surface area contributed by atoms with Gasteiger partial charge in [-0.3, -0.25) is 0 Å². The van der Waals surface area contributed by atoms with Crippen molar-refractivity contribution >= 4 is 0 Å². The summed E-state index contributed by atoms with van der Waals surface area (Å²) in [5.74, 6) is 1.75. The molecule has 1 aliphatic rings. The standard InChI is InChI=1S/C14H30N2/c1-5-7-15-8-6-9-16-11-12(2)10-13(3)14(16)4/h12-15H,5-11H2,1-4H3. The molecule has 1 heterocycles. The summed E-state index contributed by atoms with van der Waals surface area (Å²) in [5.41, 5.74) is 0. The molecule has 2 heteroatoms. The van der Waals surface area contributed by atoms with Crippen LogP contribution in [0.4, 0.5) is 0 Å². The van der Waals surface area contributed by atoms with Gasteiger partial charge in [0.15, 0.2) is 0 Å². The first-order valence-corrected chi connectivity index (χ1v) is 7.09. The van der Waals surface area contributed by atoms with Crippen molar-refractivity contribution in [3.63, 3.8) is 0 Å². The summed E-state index contributed by atoms with van der Waals surface area (Å²) in [6.45, 7) is 14.3. The minimum Gasteiger partial charge on any atom is -0.317 e. The fraction of sp³-hybridized carbons (Fsp3) is 1.00. The monoisotopic (exact) mass is 226 g/mol. The molecule has 0 aromatic rings. The van der Waals surface area contributed by atoms with Crippen LogP contribution < -0.4 is 5.32 Å². The SMILES string of the molecule is CCCNCCCN1CC(C)CC(C)C1C. The number of likely N-dealkylation sites (tertiary alicyclic amines) is 1. The zero-order valence-electron chi connectivity index (χ0n) is 11.6. The minimum absolute atomic E-state index is 0.780. The maximum Gasteiger partial charge on any atom is 0.00927 e. The maximum absolute atomic E-state index is 3.49. The van der Waals surface area contributed by atoms with Crippen molar-refractivity contribution in [3.05, 3.63) is 0 Å². The van der Waals surface area contributed by atoms with Gasteiger partial charge in [0.2, 0.25) is 0 Å². The van der Waals surface area contributed by atoms with Gasteiger partial charge in [0.05, 0.1) is 0 Å². The molecule has 0 aliphatic carbocycles. The Morgan fingerprint density at radius 1 is 1.19 bits per heavy atom. The van der Waals surface area contributed by atoms with Gasteiger partial charge < -0.3 is 10.2 Å². The molecule has 1 fully saturated rings. The van der Waals surface area contributed by atoms with Crippen molar-refractivity contribution in [2.75, 3.05) is 26.2 Å². The number of hydrogen-bond donors (Lipinski definition) is 1. The first-order chi connectivity index (χ1) is 7.65. The number of nitrogens with one attached hydrogen (secondary N) is 1. The van der Waals surface area contributed by atoms with E-state index < -0.39 is 0 Å². The van der Waals surface area contributed by atoms with E-state index in [0.29, 0.717) is 0 Å². The number of piperidine rings is 1. The van der Waals surface area contributed by atoms with Crippen molar-refractivity contribution in [2.45, 2.75) is 53.0 Å². The Labute approximate surface area is 102 Å². The molecule has 0 aromatic heterocycles. The summed E-state index contributed by atoms with van der Waals surface area (Å²) in [6.07, 6.45) is 3.95. The van der Waals surface area contributed by atoms with E-state index in [1.807, 2.05) is 0 Å². The van der Waals surface area contributed by atoms with Gasteiger partial charge in [-0.05, 0) is 57.7 Å². The molecule has 0 aromatic carbocycles. The second-order valence-electron chi connectivity index (χ2n) is 5.66. The van der Waals surface area contributed by atoms with E-state index in [0.717, 1.165) is 17.9 Å². The van der Waals surface area contributed by atoms with Gasteiger partial charge in [-0.25, -0.2) is 0 Å². The first-order valence-electron chi connectivity index (χ1n) is 7.09. The van der Waals surface area contributed by atoms with Gasteiger partial charge in [0.1, 0.15) is 0 Å². The second kappa shape index (κ2) is 7.29. The third-order valence-electron chi connectivity index (χ3n) is 3.95. The molecule has 2 nitrogen and oxygen atoms in total. The molecule has 0 saturated carbocycles. The minimum atomic E-state index is 0.780. The summed E-state index contributed by atoms with van der Waals surface area (Å²) in [5, 5.41) is 3.49. The van der Waals surface area contributed by atoms with Crippen LogP contribution in [0.15, 0.2) is 0 Å². The summed E-state index contributed by atoms with van der Waals surface area (Å²) in [6, 6.07) is 0.780. The second-order valence-corrected chi connectivity index (χ2v) is 5.66. The van der Waals surface area contributed by atoms with Gasteiger partial charge in [0.25, 0.3) is 0 Å². The number of nitrogens with zero attached hydrogens (tertiary/aromatic N) is 1. The summed E-state index contributed by atoms with van der Waals surface area (Å²) in [7, 11) is 0. The zero-order chi connectivity index (χ0) is 12.0. The van der Waals surface area contributed by atoms with E-state index in [2.05, 4.69) is 37.9 Å². The molecular weight excluding hydrogens is 196 g/mol. The maximum atomic E-state index is 3.49. The Bertz CT molecular complexity index is 182. The molecule has 0 radical (unpaired) electrons. The third-order valence-corrected chi connectivity index (χ3v) is 3.95. The van der Waals surface area contributed by atoms with Crippen molar-refractivity contribution < 1.29 is 0 Å². The predicted octanol–water partition coefficient (Wildman–Crippen LogP) is 2.74. The summed E-state index contributed by atoms with van der Waals surface area (Å²) in [4.78, 5) is 2.69. The largest absolute Gasteiger partial charge is 0.317 e. The van der Waals surface area contributed by atoms with E-state index in [-0.39, 0.29) is 0 Å². The Morgan fingerprint density at radius 2 is 1.94 bits per heavy atom. The lowest BCUT2D eigenvalue weighted by Crippen LogP contribution is -2.46. The van der Waals surface area contributed by atoms with E-state index in [1.165, 1.54) is 45.4 Å². The molecule has 16 heavy (non-hydrogen) atoms. The van der Waals surface area contributed by atoms with Crippen LogP contribution in [0.3, 0.4) is 0 Å². The molecular formula is C14H30N2. The van der Waals surface area contributed by atoms with Crippen molar-refractivity contribution in [1.29, 1.82) is 0 Å². The Kier molecular flexibility index (Phi) is 6.37. The third kappa shape index (κ3) is 4.42. The van der Waals surface area contributed by atoms with Crippen molar-refractivity contribution in [2.24, 2.45) is 11.8 Å². The van der Waals surface area contributed by atoms with Crippen LogP contribution in [0.2, 0.25) is 0 Å². The highest BCUT2D eigenvalue weighted by molar-refractivity contribution is 4.81. The number of rotatable bonds is 6. The quantitative estimate of drug-likeness (QED) is 0.701. The Balaban J connectivity index is 2.19. The summed E-state index contributed by atoms with van der Waals surface area (Å²) < 4.78 is 0. The predicted molar refractivity (Wildman–Crippen MR) is 71.8 cm³/mol. The average molecular weight is 226 g/mol. The van der Waals surface area contributed by atoms with Crippen LogP contribution >= 0.6 is 0 Å². The molecule has 0 amide bonds. The Morgan fingerprint density at radius 3 is 2.62 bits per heavy atom. The van der Waals surface area contributed by atoms with Crippen molar-refractivity contribution in [1.82, 2.24) is 10.2 Å². The van der Waals surface area contributed by atoms with Gasteiger partial charge in [-0.2, -0.15) is 0 Å². The van der Waals surface area contributed by atoms with E-state index in [4.69, 9.17) is 0 Å². The smallest absolute Gasteiger partial charge is 0.00927 e. The molecule has 3 atom stereocenters. The lowest BCUT2D eigenvalue weighted by atomic mass is 9.86. The molecule has 1 saturated heterocycles. The van der Waals surface area contributed by atoms with E-state index >= 15 is 0 Å². The van der Waals surface area contributed by atoms with Crippen LogP contribution in [0, 0.1) is 11.8 Å². The zero-order valence-corrected chi connectivity index (χ0v) is 11.6. The van der Waals surface area contributed by atoms with Crippen molar-refractivity contribution in [3.8, 4) is 0 Å². The van der Waals surface area contributed by atoms with Crippen LogP contribution in [0.1, 0.15) is 47.0 Å². The highest BCUT2D eigenvalue weighted by atomic mass is 15.2. The van der Waals surface area contributed by atoms with Gasteiger partial charge in [-0.1, -0.05) is 20.8 Å². The lowest BCUT2D eigenvalue weighted by Gasteiger charge is -2.41. The van der Waals surface area contributed by atoms with Gasteiger partial charge >= 0.3 is 0 Å². The Hall–Kier alpha value is -0.0800. The average Bonchev–Trinajstić information content (AvgIpc) is 2.24. The highest BCUT2D eigenvalue weighted by Crippen LogP contribution is 2.26. The fourth-order valence-corrected chi connectivity index (χ4v) is 2.84. The molecule has 0 spiro atoms. The normalized spacial score (nSPS) is 31.9. The molecule has 0 bridgehead atoms. The van der Waals surface area contributed by atoms with Gasteiger partial charge in [0, 0.05) is 12.6 Å². The van der Waals surface area contributed by atoms with Crippen LogP contribution in [-0.2, 0) is 0 Å². The van der Waals surface area contributed by atoms with Crippen LogP contribution in [0.5, 0.6) is 0 Å². The molecule has 1 N–H and O–H groups in total. The summed E-state index contributed by atoms with van der Waals surface area (Å²) >= 11 is 0. The topological polar surface area (TPSA) is 15.3 Å². The lowest BCUT2D eigenvalue weighted by molar-refractivity contribution is 0.0788. The fourth-order valence-electron chi connectivity index (χ4n) is 2.84. The van der Waals surface area contributed by atoms with E-state index in [9.17, 15) is 0 Å². The highest BCUT2D eigenvalue weighted by Gasteiger charge is 2.27. The molecule has 3 unspecified atom stereocenters. The number of hydrogen-bond acceptors (Lipinski definition) is 2.